The molecule has 0 aliphatic carbocycles. The highest BCUT2D eigenvalue weighted by atomic mass is 19.1. The fourth-order valence-corrected chi connectivity index (χ4v) is 1.92. The van der Waals surface area contributed by atoms with Crippen molar-refractivity contribution < 1.29 is 13.9 Å². The molecule has 0 radical (unpaired) electrons. The van der Waals surface area contributed by atoms with Crippen LogP contribution in [0.3, 0.4) is 0 Å². The van der Waals surface area contributed by atoms with E-state index in [0.29, 0.717) is 13.2 Å². The van der Waals surface area contributed by atoms with Gasteiger partial charge in [-0.15, -0.1) is 0 Å². The van der Waals surface area contributed by atoms with Crippen LogP contribution >= 0.6 is 0 Å². The zero-order valence-corrected chi connectivity index (χ0v) is 12.0. The Labute approximate surface area is 115 Å². The molecule has 0 spiro atoms. The predicted octanol–water partition coefficient (Wildman–Crippen LogP) is 2.78. The van der Waals surface area contributed by atoms with Gasteiger partial charge < -0.3 is 14.8 Å². The van der Waals surface area contributed by atoms with Crippen LogP contribution in [-0.4, -0.2) is 32.9 Å². The van der Waals surface area contributed by atoms with Gasteiger partial charge in [-0.25, -0.2) is 4.39 Å². The number of ether oxygens (including phenoxy) is 2. The topological polar surface area (TPSA) is 30.5 Å². The summed E-state index contributed by atoms with van der Waals surface area (Å²) in [7, 11) is 1.47. The van der Waals surface area contributed by atoms with Gasteiger partial charge in [0.2, 0.25) is 0 Å². The summed E-state index contributed by atoms with van der Waals surface area (Å²) in [5.41, 5.74) is 0.951. The van der Waals surface area contributed by atoms with Gasteiger partial charge in [0.15, 0.2) is 11.6 Å². The van der Waals surface area contributed by atoms with Crippen LogP contribution in [0.4, 0.5) is 4.39 Å². The van der Waals surface area contributed by atoms with Crippen LogP contribution in [0.2, 0.25) is 0 Å². The van der Waals surface area contributed by atoms with Crippen LogP contribution in [-0.2, 0) is 11.2 Å². The second kappa shape index (κ2) is 8.88. The van der Waals surface area contributed by atoms with Gasteiger partial charge in [0.05, 0.1) is 13.7 Å². The Morgan fingerprint density at radius 1 is 1.32 bits per heavy atom. The molecule has 1 N–H and O–H groups in total. The average molecular weight is 269 g/mol. The maximum absolute atomic E-state index is 13.6. The molecule has 1 aromatic carbocycles. The fraction of sp³-hybridized carbons (Fsp3) is 0.600. The molecule has 0 aliphatic rings. The number of hydrogen-bond donors (Lipinski definition) is 1. The molecule has 0 heterocycles. The Bertz CT molecular complexity index is 363. The maximum atomic E-state index is 13.6. The molecule has 0 amide bonds. The van der Waals surface area contributed by atoms with Gasteiger partial charge in [0, 0.05) is 12.6 Å². The van der Waals surface area contributed by atoms with Gasteiger partial charge in [-0.3, -0.25) is 0 Å². The molecule has 0 aromatic heterocycles. The summed E-state index contributed by atoms with van der Waals surface area (Å²) in [6.07, 6.45) is 1.82. The summed E-state index contributed by atoms with van der Waals surface area (Å²) < 4.78 is 24.0. The smallest absolute Gasteiger partial charge is 0.165 e. The third-order valence-corrected chi connectivity index (χ3v) is 2.90. The lowest BCUT2D eigenvalue weighted by Crippen LogP contribution is -2.36. The zero-order chi connectivity index (χ0) is 14.1. The number of methoxy groups -OCH3 is 1. The molecule has 0 aliphatic heterocycles. The first-order valence-corrected chi connectivity index (χ1v) is 6.84. The van der Waals surface area contributed by atoms with Crippen molar-refractivity contribution in [3.63, 3.8) is 0 Å². The van der Waals surface area contributed by atoms with E-state index in [1.807, 2.05) is 13.0 Å². The van der Waals surface area contributed by atoms with E-state index < -0.39 is 0 Å². The van der Waals surface area contributed by atoms with E-state index in [0.717, 1.165) is 24.9 Å². The van der Waals surface area contributed by atoms with Crippen LogP contribution < -0.4 is 10.1 Å². The quantitative estimate of drug-likeness (QED) is 0.748. The maximum Gasteiger partial charge on any atom is 0.165 e. The van der Waals surface area contributed by atoms with Crippen molar-refractivity contribution in [3.05, 3.63) is 29.6 Å². The Kier molecular flexibility index (Phi) is 7.45. The minimum atomic E-state index is -0.314. The summed E-state index contributed by atoms with van der Waals surface area (Å²) in [6, 6.07) is 5.31. The standard InChI is InChI=1S/C15H24FNO2/c1-4-8-17-13(11-19-5-2)9-12-6-7-15(18-3)14(16)10-12/h6-7,10,13,17H,4-5,8-9,11H2,1-3H3. The van der Waals surface area contributed by atoms with Crippen molar-refractivity contribution in [1.29, 1.82) is 0 Å². The highest BCUT2D eigenvalue weighted by molar-refractivity contribution is 5.29. The lowest BCUT2D eigenvalue weighted by Gasteiger charge is -2.18. The number of benzene rings is 1. The van der Waals surface area contributed by atoms with Crippen molar-refractivity contribution in [2.75, 3.05) is 26.9 Å². The lowest BCUT2D eigenvalue weighted by atomic mass is 10.1. The van der Waals surface area contributed by atoms with Gasteiger partial charge in [-0.1, -0.05) is 13.0 Å². The molecule has 0 saturated heterocycles. The average Bonchev–Trinajstić information content (AvgIpc) is 2.42. The number of halogens is 1. The molecular formula is C15H24FNO2. The molecule has 19 heavy (non-hydrogen) atoms. The molecule has 1 rings (SSSR count). The Morgan fingerprint density at radius 2 is 2.11 bits per heavy atom. The van der Waals surface area contributed by atoms with Crippen molar-refractivity contribution in [3.8, 4) is 5.75 Å². The van der Waals surface area contributed by atoms with Crippen molar-refractivity contribution >= 4 is 0 Å². The zero-order valence-electron chi connectivity index (χ0n) is 12.0. The molecule has 1 unspecified atom stereocenters. The van der Waals surface area contributed by atoms with Crippen LogP contribution in [0.5, 0.6) is 5.75 Å². The molecule has 1 atom stereocenters. The fourth-order valence-electron chi connectivity index (χ4n) is 1.92. The van der Waals surface area contributed by atoms with E-state index in [4.69, 9.17) is 9.47 Å². The lowest BCUT2D eigenvalue weighted by molar-refractivity contribution is 0.122. The van der Waals surface area contributed by atoms with Gasteiger partial charge in [-0.05, 0) is 44.0 Å². The van der Waals surface area contributed by atoms with Gasteiger partial charge in [-0.2, -0.15) is 0 Å². The normalized spacial score (nSPS) is 12.4. The van der Waals surface area contributed by atoms with E-state index in [1.165, 1.54) is 13.2 Å². The highest BCUT2D eigenvalue weighted by Gasteiger charge is 2.11. The van der Waals surface area contributed by atoms with Crippen LogP contribution in [0.1, 0.15) is 25.8 Å². The van der Waals surface area contributed by atoms with Crippen LogP contribution in [0.15, 0.2) is 18.2 Å². The first-order valence-electron chi connectivity index (χ1n) is 6.84. The molecule has 108 valence electrons. The molecule has 0 bridgehead atoms. The monoisotopic (exact) mass is 269 g/mol. The summed E-state index contributed by atoms with van der Waals surface area (Å²) in [5, 5.41) is 3.42. The van der Waals surface area contributed by atoms with Crippen molar-refractivity contribution in [1.82, 2.24) is 5.32 Å². The van der Waals surface area contributed by atoms with E-state index in [9.17, 15) is 4.39 Å². The minimum absolute atomic E-state index is 0.215. The van der Waals surface area contributed by atoms with E-state index >= 15 is 0 Å². The number of rotatable bonds is 9. The molecule has 1 aromatic rings. The Hall–Kier alpha value is -1.13. The molecular weight excluding hydrogens is 245 g/mol. The molecule has 0 saturated carbocycles. The largest absolute Gasteiger partial charge is 0.494 e. The van der Waals surface area contributed by atoms with E-state index in [2.05, 4.69) is 12.2 Å². The molecule has 4 heteroatoms. The summed E-state index contributed by atoms with van der Waals surface area (Å²) in [6.45, 7) is 6.38. The SMILES string of the molecule is CCCNC(COCC)Cc1ccc(OC)c(F)c1. The van der Waals surface area contributed by atoms with Gasteiger partial charge in [0.1, 0.15) is 0 Å². The number of hydrogen-bond acceptors (Lipinski definition) is 3. The first kappa shape index (κ1) is 15.9. The van der Waals surface area contributed by atoms with Crippen molar-refractivity contribution in [2.45, 2.75) is 32.7 Å². The van der Waals surface area contributed by atoms with Crippen LogP contribution in [0.25, 0.3) is 0 Å². The molecule has 3 nitrogen and oxygen atoms in total. The highest BCUT2D eigenvalue weighted by Crippen LogP contribution is 2.18. The molecule has 0 fully saturated rings. The summed E-state index contributed by atoms with van der Waals surface area (Å²) in [5.74, 6) is -0.0303. The Morgan fingerprint density at radius 3 is 2.68 bits per heavy atom. The summed E-state index contributed by atoms with van der Waals surface area (Å²) >= 11 is 0. The van der Waals surface area contributed by atoms with Crippen LogP contribution in [0, 0.1) is 5.82 Å². The predicted molar refractivity (Wildman–Crippen MR) is 75.2 cm³/mol. The second-order valence-electron chi connectivity index (χ2n) is 4.48. The van der Waals surface area contributed by atoms with Gasteiger partial charge >= 0.3 is 0 Å². The van der Waals surface area contributed by atoms with Gasteiger partial charge in [0.25, 0.3) is 0 Å². The second-order valence-corrected chi connectivity index (χ2v) is 4.48. The Balaban J connectivity index is 2.63. The third-order valence-electron chi connectivity index (χ3n) is 2.90. The van der Waals surface area contributed by atoms with E-state index in [1.54, 1.807) is 6.07 Å². The number of nitrogens with one attached hydrogen (secondary N) is 1. The van der Waals surface area contributed by atoms with E-state index in [-0.39, 0.29) is 17.6 Å². The first-order chi connectivity index (χ1) is 9.21. The minimum Gasteiger partial charge on any atom is -0.494 e. The van der Waals surface area contributed by atoms with Crippen molar-refractivity contribution in [2.24, 2.45) is 0 Å². The third kappa shape index (κ3) is 5.57. The summed E-state index contributed by atoms with van der Waals surface area (Å²) in [4.78, 5) is 0.